The lowest BCUT2D eigenvalue weighted by molar-refractivity contribution is -0.462. The number of carbonyl (C=O) groups excluding carboxylic acids is 1. The Hall–Kier alpha value is -2.90. The molecule has 0 bridgehead atoms. The fourth-order valence-electron chi connectivity index (χ4n) is 2.87. The number of nitrogens with zero attached hydrogens (tertiary/aromatic N) is 1. The van der Waals surface area contributed by atoms with E-state index in [9.17, 15) is 79.4 Å². The van der Waals surface area contributed by atoms with E-state index in [4.69, 9.17) is 0 Å². The first-order valence-electron chi connectivity index (χ1n) is 9.70. The van der Waals surface area contributed by atoms with E-state index in [1.165, 1.54) is 6.07 Å². The second-order valence-electron chi connectivity index (χ2n) is 7.87. The predicted octanol–water partition coefficient (Wildman–Crippen LogP) is 6.32. The van der Waals surface area contributed by atoms with Gasteiger partial charge in [-0.1, -0.05) is 6.07 Å². The molecule has 0 spiro atoms. The molecule has 0 aromatic heterocycles. The van der Waals surface area contributed by atoms with E-state index in [1.807, 2.05) is 0 Å². The minimum absolute atomic E-state index is 0.0238. The zero-order valence-electron chi connectivity index (χ0n) is 18.1. The van der Waals surface area contributed by atoms with E-state index in [1.54, 1.807) is 0 Å². The van der Waals surface area contributed by atoms with E-state index in [0.29, 0.717) is 12.1 Å². The lowest BCUT2D eigenvalue weighted by atomic mass is 9.89. The van der Waals surface area contributed by atoms with Crippen molar-refractivity contribution in [2.75, 3.05) is 18.2 Å². The predicted molar refractivity (Wildman–Crippen MR) is 92.7 cm³/mol. The third-order valence-electron chi connectivity index (χ3n) is 5.16. The van der Waals surface area contributed by atoms with Crippen molar-refractivity contribution >= 4 is 11.6 Å². The molecule has 0 aliphatic carbocycles. The molecule has 39 heavy (non-hydrogen) atoms. The van der Waals surface area contributed by atoms with Gasteiger partial charge in [0.05, 0.1) is 5.69 Å². The molecule has 2 rings (SSSR count). The van der Waals surface area contributed by atoms with Gasteiger partial charge < -0.3 is 4.74 Å². The lowest BCUT2D eigenvalue weighted by Crippen LogP contribution is -2.74. The SMILES string of the molecule is O=C1CCN(c2cccc(OCC(F)(F)C(F)(F)C(F)(F)C(F)(F)C(F)(F)C(F)(F)C(F)(F)C(F)(F)F)c2)N1. The first kappa shape index (κ1) is 32.3. The number of carbonyl (C=O) groups is 1. The van der Waals surface area contributed by atoms with Crippen LogP contribution in [0.25, 0.3) is 0 Å². The second-order valence-corrected chi connectivity index (χ2v) is 7.87. The first-order valence-corrected chi connectivity index (χ1v) is 9.70. The highest BCUT2D eigenvalue weighted by Gasteiger charge is 2.95. The third-order valence-corrected chi connectivity index (χ3v) is 5.16. The largest absolute Gasteiger partial charge is 0.487 e. The molecule has 0 atom stereocenters. The van der Waals surface area contributed by atoms with Crippen LogP contribution in [0.2, 0.25) is 0 Å². The number of anilines is 1. The lowest BCUT2D eigenvalue weighted by Gasteiger charge is -2.42. The van der Waals surface area contributed by atoms with Gasteiger partial charge in [0.25, 0.3) is 0 Å². The number of rotatable bonds is 10. The fourth-order valence-corrected chi connectivity index (χ4v) is 2.87. The Balaban J connectivity index is 2.38. The van der Waals surface area contributed by atoms with Crippen molar-refractivity contribution in [2.24, 2.45) is 0 Å². The van der Waals surface area contributed by atoms with Crippen molar-refractivity contribution in [2.45, 2.75) is 54.1 Å². The van der Waals surface area contributed by atoms with Crippen molar-refractivity contribution < 1.29 is 84.2 Å². The van der Waals surface area contributed by atoms with E-state index in [-0.39, 0.29) is 18.7 Å². The molecule has 21 heteroatoms. The summed E-state index contributed by atoms with van der Waals surface area (Å²) in [7, 11) is 0. The van der Waals surface area contributed by atoms with Gasteiger partial charge in [0, 0.05) is 19.0 Å². The van der Waals surface area contributed by atoms with Crippen LogP contribution < -0.4 is 15.2 Å². The monoisotopic (exact) mass is 610 g/mol. The van der Waals surface area contributed by atoms with Gasteiger partial charge >= 0.3 is 47.6 Å². The molecule has 1 aliphatic heterocycles. The zero-order chi connectivity index (χ0) is 30.7. The number of ether oxygens (including phenoxy) is 1. The van der Waals surface area contributed by atoms with Gasteiger partial charge in [-0.25, -0.2) is 0 Å². The van der Waals surface area contributed by atoms with Crippen molar-refractivity contribution in [3.05, 3.63) is 24.3 Å². The molecule has 1 heterocycles. The van der Waals surface area contributed by atoms with Crippen molar-refractivity contribution in [3.8, 4) is 5.75 Å². The number of nitrogens with one attached hydrogen (secondary N) is 1. The van der Waals surface area contributed by atoms with Gasteiger partial charge in [0.15, 0.2) is 6.61 Å². The fraction of sp³-hybridized carbons (Fsp3) is 0.611. The number of amides is 1. The molecular formula is C18H11F17N2O2. The molecular weight excluding hydrogens is 599 g/mol. The smallest absolute Gasteiger partial charge is 0.460 e. The topological polar surface area (TPSA) is 41.6 Å². The Kier molecular flexibility index (Phi) is 7.74. The summed E-state index contributed by atoms with van der Waals surface area (Å²) < 4.78 is 230. The Bertz CT molecular complexity index is 1070. The summed E-state index contributed by atoms with van der Waals surface area (Å²) in [5.41, 5.74) is 2.12. The highest BCUT2D eigenvalue weighted by atomic mass is 19.4. The molecule has 1 saturated heterocycles. The van der Waals surface area contributed by atoms with Crippen molar-refractivity contribution in [1.82, 2.24) is 5.43 Å². The van der Waals surface area contributed by atoms with Gasteiger partial charge in [-0.15, -0.1) is 0 Å². The van der Waals surface area contributed by atoms with Gasteiger partial charge in [-0.2, -0.15) is 74.6 Å². The summed E-state index contributed by atoms with van der Waals surface area (Å²) in [5, 5.41) is 1.05. The number of halogens is 17. The van der Waals surface area contributed by atoms with Gasteiger partial charge in [0.2, 0.25) is 5.91 Å². The van der Waals surface area contributed by atoms with Crippen LogP contribution in [0, 0.1) is 0 Å². The Morgan fingerprint density at radius 2 is 1.15 bits per heavy atom. The average Bonchev–Trinajstić information content (AvgIpc) is 3.22. The zero-order valence-corrected chi connectivity index (χ0v) is 18.1. The minimum atomic E-state index is -8.68. The van der Waals surface area contributed by atoms with Crippen LogP contribution >= 0.6 is 0 Å². The molecule has 0 saturated carbocycles. The van der Waals surface area contributed by atoms with E-state index in [2.05, 4.69) is 10.2 Å². The van der Waals surface area contributed by atoms with Crippen LogP contribution in [0.5, 0.6) is 5.75 Å². The molecule has 0 unspecified atom stereocenters. The van der Waals surface area contributed by atoms with E-state index < -0.39 is 65.9 Å². The summed E-state index contributed by atoms with van der Waals surface area (Å²) >= 11 is 0. The number of hydrogen-bond donors (Lipinski definition) is 1. The van der Waals surface area contributed by atoms with Crippen LogP contribution in [0.15, 0.2) is 24.3 Å². The molecule has 1 N–H and O–H groups in total. The van der Waals surface area contributed by atoms with Crippen molar-refractivity contribution in [1.29, 1.82) is 0 Å². The average molecular weight is 610 g/mol. The standard InChI is InChI=1S/C18H11F17N2O2/c19-11(20,7-39-9-3-1-2-8(6-9)37-5-4-10(38)36-37)12(21,22)13(23,24)14(25,26)15(27,28)16(29,30)17(31,32)18(33,34)35/h1-3,6H,4-5,7H2,(H,36,38). The van der Waals surface area contributed by atoms with Crippen LogP contribution in [-0.2, 0) is 4.79 Å². The maximum atomic E-state index is 14.0. The van der Waals surface area contributed by atoms with Crippen LogP contribution in [0.3, 0.4) is 0 Å². The Labute approximate surface area is 204 Å². The quantitative estimate of drug-likeness (QED) is 0.316. The molecule has 1 aliphatic rings. The Morgan fingerprint density at radius 3 is 1.59 bits per heavy atom. The molecule has 1 aromatic carbocycles. The van der Waals surface area contributed by atoms with E-state index in [0.717, 1.165) is 11.1 Å². The third kappa shape index (κ3) is 4.84. The number of alkyl halides is 17. The molecule has 4 nitrogen and oxygen atoms in total. The molecule has 1 fully saturated rings. The number of hydrogen-bond acceptors (Lipinski definition) is 3. The summed E-state index contributed by atoms with van der Waals surface area (Å²) in [6.45, 7) is -3.08. The van der Waals surface area contributed by atoms with Gasteiger partial charge in [-0.05, 0) is 12.1 Å². The Morgan fingerprint density at radius 1 is 0.692 bits per heavy atom. The highest BCUT2D eigenvalue weighted by Crippen LogP contribution is 2.63. The van der Waals surface area contributed by atoms with Crippen LogP contribution in [0.1, 0.15) is 6.42 Å². The molecule has 1 amide bonds. The molecule has 1 aromatic rings. The maximum absolute atomic E-state index is 14.0. The van der Waals surface area contributed by atoms with Crippen molar-refractivity contribution in [3.63, 3.8) is 0 Å². The van der Waals surface area contributed by atoms with Crippen LogP contribution in [-0.4, -0.2) is 66.7 Å². The highest BCUT2D eigenvalue weighted by molar-refractivity contribution is 5.81. The van der Waals surface area contributed by atoms with Gasteiger partial charge in [-0.3, -0.25) is 15.2 Å². The normalized spacial score (nSPS) is 16.9. The van der Waals surface area contributed by atoms with Gasteiger partial charge in [0.1, 0.15) is 5.75 Å². The summed E-state index contributed by atoms with van der Waals surface area (Å²) in [4.78, 5) is 11.2. The molecule has 224 valence electrons. The minimum Gasteiger partial charge on any atom is -0.487 e. The van der Waals surface area contributed by atoms with Crippen LogP contribution in [0.4, 0.5) is 80.3 Å². The summed E-state index contributed by atoms with van der Waals surface area (Å²) in [5.74, 6) is -58.4. The number of benzene rings is 1. The molecule has 0 radical (unpaired) electrons. The first-order chi connectivity index (χ1) is 17.2. The number of hydrazine groups is 1. The second kappa shape index (κ2) is 9.34. The summed E-state index contributed by atoms with van der Waals surface area (Å²) in [6.07, 6.45) is -7.88. The summed E-state index contributed by atoms with van der Waals surface area (Å²) in [6, 6.07) is 3.52. The maximum Gasteiger partial charge on any atom is 0.460 e. The van der Waals surface area contributed by atoms with E-state index >= 15 is 0 Å².